The number of carbonyl (C=O) groups excluding carboxylic acids is 1. The van der Waals surface area contributed by atoms with Gasteiger partial charge in [0.05, 0.1) is 18.6 Å². The van der Waals surface area contributed by atoms with Gasteiger partial charge in [0.25, 0.3) is 5.91 Å². The van der Waals surface area contributed by atoms with Crippen molar-refractivity contribution < 1.29 is 9.53 Å². The number of amides is 1. The van der Waals surface area contributed by atoms with E-state index in [1.165, 1.54) is 23.1 Å². The van der Waals surface area contributed by atoms with Crippen LogP contribution in [0, 0.1) is 0 Å². The summed E-state index contributed by atoms with van der Waals surface area (Å²) in [5.41, 5.74) is 4.41. The maximum Gasteiger partial charge on any atom is 0.250 e. The second-order valence-corrected chi connectivity index (χ2v) is 7.52. The monoisotopic (exact) mass is 398 g/mol. The van der Waals surface area contributed by atoms with Crippen LogP contribution in [0.25, 0.3) is 10.6 Å². The number of nitrogens with zero attached hydrogens (tertiary/aromatic N) is 3. The van der Waals surface area contributed by atoms with Gasteiger partial charge in [-0.1, -0.05) is 53.4 Å². The lowest BCUT2D eigenvalue weighted by Crippen LogP contribution is -2.19. The predicted octanol–water partition coefficient (Wildman–Crippen LogP) is 3.85. The fourth-order valence-corrected chi connectivity index (χ4v) is 3.77. The smallest absolute Gasteiger partial charge is 0.250 e. The first-order valence-electron chi connectivity index (χ1n) is 8.31. The van der Waals surface area contributed by atoms with Crippen molar-refractivity contribution >= 4 is 35.2 Å². The van der Waals surface area contributed by atoms with Gasteiger partial charge in [-0.2, -0.15) is 5.10 Å². The average Bonchev–Trinajstić information content (AvgIpc) is 3.18. The van der Waals surface area contributed by atoms with Gasteiger partial charge in [0, 0.05) is 5.56 Å². The number of hydrogen-bond donors (Lipinski definition) is 1. The van der Waals surface area contributed by atoms with E-state index in [0.29, 0.717) is 6.61 Å². The van der Waals surface area contributed by atoms with Crippen LogP contribution in [0.3, 0.4) is 0 Å². The lowest BCUT2D eigenvalue weighted by atomic mass is 10.2. The number of benzene rings is 2. The number of rotatable bonds is 8. The molecule has 0 spiro atoms. The Bertz CT molecular complexity index is 896. The van der Waals surface area contributed by atoms with E-state index in [-0.39, 0.29) is 11.7 Å². The number of hydrogen-bond acceptors (Lipinski definition) is 7. The molecule has 1 amide bonds. The van der Waals surface area contributed by atoms with Crippen LogP contribution in [-0.4, -0.2) is 34.7 Å². The first-order chi connectivity index (χ1) is 13.2. The Kier molecular flexibility index (Phi) is 6.95. The van der Waals surface area contributed by atoms with Gasteiger partial charge in [-0.15, -0.1) is 10.2 Å². The SMILES string of the molecule is CCOc1ccc(C=NNC(=O)CSc2nnc(-c3ccccc3)s2)cc1. The van der Waals surface area contributed by atoms with Gasteiger partial charge in [-0.3, -0.25) is 4.79 Å². The summed E-state index contributed by atoms with van der Waals surface area (Å²) >= 11 is 2.80. The lowest BCUT2D eigenvalue weighted by Gasteiger charge is -2.02. The second-order valence-electron chi connectivity index (χ2n) is 5.32. The van der Waals surface area contributed by atoms with Crippen molar-refractivity contribution in [3.8, 4) is 16.3 Å². The third kappa shape index (κ3) is 5.90. The van der Waals surface area contributed by atoms with E-state index in [4.69, 9.17) is 4.74 Å². The number of hydrazone groups is 1. The molecule has 3 rings (SSSR count). The number of carbonyl (C=O) groups is 1. The fraction of sp³-hybridized carbons (Fsp3) is 0.158. The minimum atomic E-state index is -0.196. The first-order valence-corrected chi connectivity index (χ1v) is 10.1. The summed E-state index contributed by atoms with van der Waals surface area (Å²) in [7, 11) is 0. The molecule has 0 unspecified atom stereocenters. The van der Waals surface area contributed by atoms with Gasteiger partial charge in [0.2, 0.25) is 0 Å². The van der Waals surface area contributed by atoms with Crippen molar-refractivity contribution in [1.82, 2.24) is 15.6 Å². The predicted molar refractivity (Wildman–Crippen MR) is 109 cm³/mol. The molecule has 138 valence electrons. The standard InChI is InChI=1S/C19H18N4O2S2/c1-2-25-16-10-8-14(9-11-16)12-20-21-17(24)13-26-19-23-22-18(27-19)15-6-4-3-5-7-15/h3-12H,2,13H2,1H3,(H,21,24). The Balaban J connectivity index is 1.45. The van der Waals surface area contributed by atoms with E-state index in [1.54, 1.807) is 6.21 Å². The van der Waals surface area contributed by atoms with E-state index in [2.05, 4.69) is 20.7 Å². The summed E-state index contributed by atoms with van der Waals surface area (Å²) in [5.74, 6) is 0.838. The third-order valence-corrected chi connectivity index (χ3v) is 5.45. The molecule has 0 fully saturated rings. The molecule has 1 heterocycles. The number of ether oxygens (including phenoxy) is 1. The fourth-order valence-electron chi connectivity index (χ4n) is 2.12. The van der Waals surface area contributed by atoms with Crippen LogP contribution >= 0.6 is 23.1 Å². The van der Waals surface area contributed by atoms with E-state index in [9.17, 15) is 4.79 Å². The van der Waals surface area contributed by atoms with Crippen LogP contribution in [-0.2, 0) is 4.79 Å². The van der Waals surface area contributed by atoms with Crippen molar-refractivity contribution in [2.24, 2.45) is 5.10 Å². The summed E-state index contributed by atoms with van der Waals surface area (Å²) in [5, 5.41) is 13.1. The zero-order valence-corrected chi connectivity index (χ0v) is 16.3. The van der Waals surface area contributed by atoms with Gasteiger partial charge in [0.1, 0.15) is 10.8 Å². The molecule has 6 nitrogen and oxygen atoms in total. The Morgan fingerprint density at radius 3 is 2.70 bits per heavy atom. The quantitative estimate of drug-likeness (QED) is 0.354. The summed E-state index contributed by atoms with van der Waals surface area (Å²) in [4.78, 5) is 11.9. The van der Waals surface area contributed by atoms with Crippen LogP contribution < -0.4 is 10.2 Å². The van der Waals surface area contributed by atoms with Crippen molar-refractivity contribution in [3.63, 3.8) is 0 Å². The van der Waals surface area contributed by atoms with Crippen molar-refractivity contribution in [2.45, 2.75) is 11.3 Å². The minimum Gasteiger partial charge on any atom is -0.494 e. The molecule has 1 N–H and O–H groups in total. The highest BCUT2D eigenvalue weighted by Crippen LogP contribution is 2.28. The molecule has 0 saturated heterocycles. The largest absolute Gasteiger partial charge is 0.494 e. The zero-order chi connectivity index (χ0) is 18.9. The molecule has 0 aliphatic rings. The molecular weight excluding hydrogens is 380 g/mol. The highest BCUT2D eigenvalue weighted by atomic mass is 32.2. The maximum absolute atomic E-state index is 11.9. The Labute approximate surface area is 165 Å². The summed E-state index contributed by atoms with van der Waals surface area (Å²) in [6.45, 7) is 2.57. The topological polar surface area (TPSA) is 76.5 Å². The first kappa shape index (κ1) is 19.1. The summed E-state index contributed by atoms with van der Waals surface area (Å²) < 4.78 is 6.13. The molecule has 8 heteroatoms. The van der Waals surface area contributed by atoms with Crippen LogP contribution in [0.5, 0.6) is 5.75 Å². The second kappa shape index (κ2) is 9.84. The molecule has 0 aliphatic heterocycles. The average molecular weight is 399 g/mol. The van der Waals surface area contributed by atoms with Crippen molar-refractivity contribution in [3.05, 3.63) is 60.2 Å². The molecule has 0 bridgehead atoms. The third-order valence-electron chi connectivity index (χ3n) is 3.35. The molecule has 3 aromatic rings. The lowest BCUT2D eigenvalue weighted by molar-refractivity contribution is -0.118. The van der Waals surface area contributed by atoms with Crippen LogP contribution in [0.15, 0.2) is 64.0 Å². The Morgan fingerprint density at radius 2 is 1.96 bits per heavy atom. The van der Waals surface area contributed by atoms with Crippen molar-refractivity contribution in [2.75, 3.05) is 12.4 Å². The highest BCUT2D eigenvalue weighted by molar-refractivity contribution is 8.01. The molecule has 2 aromatic carbocycles. The van der Waals surface area contributed by atoms with Crippen LogP contribution in [0.1, 0.15) is 12.5 Å². The highest BCUT2D eigenvalue weighted by Gasteiger charge is 2.09. The number of aromatic nitrogens is 2. The van der Waals surface area contributed by atoms with Gasteiger partial charge < -0.3 is 4.74 Å². The van der Waals surface area contributed by atoms with E-state index in [0.717, 1.165) is 26.2 Å². The minimum absolute atomic E-state index is 0.196. The van der Waals surface area contributed by atoms with Crippen molar-refractivity contribution in [1.29, 1.82) is 0 Å². The van der Waals surface area contributed by atoms with E-state index < -0.39 is 0 Å². The van der Waals surface area contributed by atoms with Crippen LogP contribution in [0.2, 0.25) is 0 Å². The molecule has 27 heavy (non-hydrogen) atoms. The van der Waals surface area contributed by atoms with Gasteiger partial charge in [-0.05, 0) is 36.8 Å². The molecule has 0 saturated carbocycles. The van der Waals surface area contributed by atoms with Gasteiger partial charge in [-0.25, -0.2) is 5.43 Å². The molecule has 0 atom stereocenters. The van der Waals surface area contributed by atoms with E-state index >= 15 is 0 Å². The Hall–Kier alpha value is -2.71. The van der Waals surface area contributed by atoms with Crippen LogP contribution in [0.4, 0.5) is 0 Å². The number of nitrogens with one attached hydrogen (secondary N) is 1. The zero-order valence-electron chi connectivity index (χ0n) is 14.7. The Morgan fingerprint density at radius 1 is 1.19 bits per heavy atom. The maximum atomic E-state index is 11.9. The molecule has 1 aromatic heterocycles. The summed E-state index contributed by atoms with van der Waals surface area (Å²) in [6.07, 6.45) is 1.59. The number of thioether (sulfide) groups is 1. The van der Waals surface area contributed by atoms with Gasteiger partial charge >= 0.3 is 0 Å². The van der Waals surface area contributed by atoms with Gasteiger partial charge in [0.15, 0.2) is 4.34 Å². The summed E-state index contributed by atoms with van der Waals surface area (Å²) in [6, 6.07) is 17.3. The molecular formula is C19H18N4O2S2. The molecule has 0 aliphatic carbocycles. The normalized spacial score (nSPS) is 10.9. The molecule has 0 radical (unpaired) electrons. The van der Waals surface area contributed by atoms with E-state index in [1.807, 2.05) is 61.5 Å².